The quantitative estimate of drug-likeness (QED) is 0.907. The predicted octanol–water partition coefficient (Wildman–Crippen LogP) is 2.43. The van der Waals surface area contributed by atoms with Crippen molar-refractivity contribution in [2.24, 2.45) is 5.73 Å². The van der Waals surface area contributed by atoms with Crippen LogP contribution < -0.4 is 5.73 Å². The molecule has 0 atom stereocenters. The van der Waals surface area contributed by atoms with Gasteiger partial charge in [-0.3, -0.25) is 0 Å². The zero-order valence-corrected chi connectivity index (χ0v) is 10.8. The second-order valence-corrected chi connectivity index (χ2v) is 4.54. The van der Waals surface area contributed by atoms with Gasteiger partial charge in [0.05, 0.1) is 12.1 Å². The number of benzene rings is 1. The van der Waals surface area contributed by atoms with E-state index in [-0.39, 0.29) is 11.9 Å². The first kappa shape index (κ1) is 12.7. The van der Waals surface area contributed by atoms with E-state index >= 15 is 0 Å². The number of nitrogens with zero attached hydrogens (tertiary/aromatic N) is 3. The third-order valence-electron chi connectivity index (χ3n) is 2.90. The maximum atomic E-state index is 14.1. The Kier molecular flexibility index (Phi) is 3.43. The Balaban J connectivity index is 2.64. The summed E-state index contributed by atoms with van der Waals surface area (Å²) in [4.78, 5) is 0. The van der Waals surface area contributed by atoms with E-state index in [1.54, 1.807) is 19.1 Å². The Hall–Kier alpha value is -1.75. The molecule has 0 unspecified atom stereocenters. The first-order chi connectivity index (χ1) is 8.56. The van der Waals surface area contributed by atoms with Crippen LogP contribution >= 0.6 is 0 Å². The minimum absolute atomic E-state index is 0.133. The fraction of sp³-hybridized carbons (Fsp3) is 0.385. The fourth-order valence-electron chi connectivity index (χ4n) is 2.01. The maximum Gasteiger partial charge on any atom is 0.167 e. The van der Waals surface area contributed by atoms with Gasteiger partial charge in [-0.1, -0.05) is 12.1 Å². The Morgan fingerprint density at radius 3 is 2.67 bits per heavy atom. The average Bonchev–Trinajstić information content (AvgIpc) is 2.76. The van der Waals surface area contributed by atoms with Crippen LogP contribution in [0.1, 0.15) is 31.3 Å². The lowest BCUT2D eigenvalue weighted by molar-refractivity contribution is 0.568. The van der Waals surface area contributed by atoms with E-state index in [0.29, 0.717) is 29.3 Å². The highest BCUT2D eigenvalue weighted by Gasteiger charge is 2.18. The summed E-state index contributed by atoms with van der Waals surface area (Å²) in [6.45, 7) is 6.02. The molecule has 5 heteroatoms. The van der Waals surface area contributed by atoms with Crippen molar-refractivity contribution in [1.29, 1.82) is 0 Å². The summed E-state index contributed by atoms with van der Waals surface area (Å²) in [7, 11) is 0. The van der Waals surface area contributed by atoms with Crippen molar-refractivity contribution in [2.75, 3.05) is 0 Å². The summed E-state index contributed by atoms with van der Waals surface area (Å²) in [6, 6.07) is 5.40. The third-order valence-corrected chi connectivity index (χ3v) is 2.90. The average molecular weight is 248 g/mol. The molecule has 0 aliphatic rings. The van der Waals surface area contributed by atoms with Crippen molar-refractivity contribution in [1.82, 2.24) is 14.8 Å². The number of nitrogens with two attached hydrogens (primary N) is 1. The number of aryl methyl sites for hydroxylation is 1. The largest absolute Gasteiger partial charge is 0.324 e. The topological polar surface area (TPSA) is 56.7 Å². The molecular weight excluding hydrogens is 231 g/mol. The van der Waals surface area contributed by atoms with E-state index in [1.165, 1.54) is 0 Å². The van der Waals surface area contributed by atoms with Gasteiger partial charge in [0.1, 0.15) is 11.6 Å². The van der Waals surface area contributed by atoms with Crippen LogP contribution in [-0.4, -0.2) is 14.8 Å². The zero-order chi connectivity index (χ0) is 13.3. The number of rotatable bonds is 3. The van der Waals surface area contributed by atoms with Gasteiger partial charge in [-0.15, -0.1) is 10.2 Å². The molecule has 0 aliphatic carbocycles. The lowest BCUT2D eigenvalue weighted by Crippen LogP contribution is -2.12. The second-order valence-electron chi connectivity index (χ2n) is 4.54. The van der Waals surface area contributed by atoms with Gasteiger partial charge in [0.15, 0.2) is 5.82 Å². The van der Waals surface area contributed by atoms with E-state index < -0.39 is 0 Å². The molecule has 1 heterocycles. The molecule has 0 bridgehead atoms. The fourth-order valence-corrected chi connectivity index (χ4v) is 2.01. The molecule has 0 saturated heterocycles. The predicted molar refractivity (Wildman–Crippen MR) is 68.4 cm³/mol. The van der Waals surface area contributed by atoms with Crippen molar-refractivity contribution < 1.29 is 4.39 Å². The molecular formula is C13H17FN4. The molecule has 0 spiro atoms. The van der Waals surface area contributed by atoms with Crippen LogP contribution in [0.15, 0.2) is 18.2 Å². The molecule has 0 amide bonds. The minimum atomic E-state index is -0.254. The first-order valence-electron chi connectivity index (χ1n) is 5.95. The lowest BCUT2D eigenvalue weighted by atomic mass is 10.1. The smallest absolute Gasteiger partial charge is 0.167 e. The van der Waals surface area contributed by atoms with Crippen LogP contribution in [0.5, 0.6) is 0 Å². The normalized spacial score (nSPS) is 11.2. The molecule has 0 saturated carbocycles. The van der Waals surface area contributed by atoms with Crippen LogP contribution in [0.3, 0.4) is 0 Å². The van der Waals surface area contributed by atoms with E-state index in [1.807, 2.05) is 24.5 Å². The third kappa shape index (κ3) is 2.01. The highest BCUT2D eigenvalue weighted by atomic mass is 19.1. The number of hydrogen-bond acceptors (Lipinski definition) is 3. The Morgan fingerprint density at radius 1 is 1.33 bits per heavy atom. The summed E-state index contributed by atoms with van der Waals surface area (Å²) in [5.74, 6) is 0.947. The van der Waals surface area contributed by atoms with Gasteiger partial charge >= 0.3 is 0 Å². The first-order valence-corrected chi connectivity index (χ1v) is 5.95. The van der Waals surface area contributed by atoms with Gasteiger partial charge in [0, 0.05) is 6.04 Å². The monoisotopic (exact) mass is 248 g/mol. The van der Waals surface area contributed by atoms with Crippen molar-refractivity contribution in [3.8, 4) is 11.4 Å². The van der Waals surface area contributed by atoms with Gasteiger partial charge in [-0.2, -0.15) is 0 Å². The highest BCUT2D eigenvalue weighted by Crippen LogP contribution is 2.26. The molecule has 0 radical (unpaired) electrons. The summed E-state index contributed by atoms with van der Waals surface area (Å²) >= 11 is 0. The Bertz CT molecular complexity index is 560. The Labute approximate surface area is 106 Å². The van der Waals surface area contributed by atoms with E-state index in [9.17, 15) is 4.39 Å². The minimum Gasteiger partial charge on any atom is -0.324 e. The van der Waals surface area contributed by atoms with Crippen molar-refractivity contribution in [3.63, 3.8) is 0 Å². The van der Waals surface area contributed by atoms with Crippen LogP contribution in [0.2, 0.25) is 0 Å². The summed E-state index contributed by atoms with van der Waals surface area (Å²) in [6.07, 6.45) is 0. The standard InChI is InChI=1S/C13H17FN4/c1-8(2)18-11(7-15)16-17-13(18)10-6-4-5-9(3)12(10)14/h4-6,8H,7,15H2,1-3H3. The SMILES string of the molecule is Cc1cccc(-c2nnc(CN)n2C(C)C)c1F. The lowest BCUT2D eigenvalue weighted by Gasteiger charge is -2.14. The summed E-state index contributed by atoms with van der Waals surface area (Å²) in [5.41, 5.74) is 6.70. The maximum absolute atomic E-state index is 14.1. The molecule has 2 aromatic rings. The van der Waals surface area contributed by atoms with Gasteiger partial charge in [0.25, 0.3) is 0 Å². The second kappa shape index (κ2) is 4.86. The molecule has 18 heavy (non-hydrogen) atoms. The highest BCUT2D eigenvalue weighted by molar-refractivity contribution is 5.58. The number of hydrogen-bond donors (Lipinski definition) is 1. The van der Waals surface area contributed by atoms with Crippen LogP contribution in [0, 0.1) is 12.7 Å². The van der Waals surface area contributed by atoms with Crippen molar-refractivity contribution in [3.05, 3.63) is 35.4 Å². The number of aromatic nitrogens is 3. The summed E-state index contributed by atoms with van der Waals surface area (Å²) < 4.78 is 16.0. The molecule has 0 aliphatic heterocycles. The van der Waals surface area contributed by atoms with Crippen LogP contribution in [0.25, 0.3) is 11.4 Å². The molecule has 2 N–H and O–H groups in total. The van der Waals surface area contributed by atoms with Crippen molar-refractivity contribution >= 4 is 0 Å². The molecule has 96 valence electrons. The van der Waals surface area contributed by atoms with Crippen LogP contribution in [-0.2, 0) is 6.54 Å². The number of halogens is 1. The molecule has 1 aromatic carbocycles. The van der Waals surface area contributed by atoms with E-state index in [0.717, 1.165) is 0 Å². The van der Waals surface area contributed by atoms with Gasteiger partial charge in [0.2, 0.25) is 0 Å². The molecule has 2 rings (SSSR count). The van der Waals surface area contributed by atoms with Crippen LogP contribution in [0.4, 0.5) is 4.39 Å². The molecule has 1 aromatic heterocycles. The van der Waals surface area contributed by atoms with Gasteiger partial charge < -0.3 is 10.3 Å². The van der Waals surface area contributed by atoms with Gasteiger partial charge in [-0.05, 0) is 32.4 Å². The molecule has 4 nitrogen and oxygen atoms in total. The van der Waals surface area contributed by atoms with E-state index in [4.69, 9.17) is 5.73 Å². The Morgan fingerprint density at radius 2 is 2.06 bits per heavy atom. The van der Waals surface area contributed by atoms with E-state index in [2.05, 4.69) is 10.2 Å². The van der Waals surface area contributed by atoms with Crippen molar-refractivity contribution in [2.45, 2.75) is 33.4 Å². The van der Waals surface area contributed by atoms with Gasteiger partial charge in [-0.25, -0.2) is 4.39 Å². The molecule has 0 fully saturated rings. The summed E-state index contributed by atoms with van der Waals surface area (Å²) in [5, 5.41) is 8.10. The zero-order valence-electron chi connectivity index (χ0n) is 10.8.